The number of nitriles is 2. The molecule has 5 aromatic carbocycles. The molecule has 10 heteroatoms. The van der Waals surface area contributed by atoms with Crippen LogP contribution in [0.15, 0.2) is 78.9 Å². The van der Waals surface area contributed by atoms with Crippen molar-refractivity contribution in [3.8, 4) is 45.6 Å². The maximum absolute atomic E-state index is 15.0. The van der Waals surface area contributed by atoms with Gasteiger partial charge in [-0.1, -0.05) is 54.6 Å². The lowest BCUT2D eigenvalue weighted by Gasteiger charge is -2.15. The molecule has 2 heterocycles. The minimum atomic E-state index is -1.77. The minimum absolute atomic E-state index is 0.159. The van der Waals surface area contributed by atoms with Crippen molar-refractivity contribution in [1.29, 1.82) is 10.5 Å². The largest absolute Gasteiger partial charge is 0.247 e. The number of fused-ring (bicyclic) bond motifs is 5. The monoisotopic (exact) mass is 587 g/mol. The third kappa shape index (κ3) is 4.00. The average molecular weight is 588 g/mol. The first-order valence-corrected chi connectivity index (χ1v) is 13.5. The Hall–Kier alpha value is -5.71. The van der Waals surface area contributed by atoms with E-state index in [2.05, 4.69) is 14.8 Å². The lowest BCUT2D eigenvalue weighted by atomic mass is 9.92. The Morgan fingerprint density at radius 1 is 0.628 bits per heavy atom. The van der Waals surface area contributed by atoms with Gasteiger partial charge in [0.15, 0.2) is 23.3 Å². The zero-order valence-corrected chi connectivity index (χ0v) is 22.5. The fraction of sp³-hybridized carbons (Fsp3) is 0. The molecule has 0 saturated heterocycles. The van der Waals surface area contributed by atoms with E-state index in [4.69, 9.17) is 10.2 Å². The summed E-state index contributed by atoms with van der Waals surface area (Å²) in [5, 5.41) is 20.4. The molecule has 0 aliphatic heterocycles. The number of hydrogen-bond acceptors (Lipinski definition) is 6. The second-order valence-corrected chi connectivity index (χ2v) is 10.2. The number of hydrogen-bond donors (Lipinski definition) is 0. The van der Waals surface area contributed by atoms with E-state index in [1.165, 1.54) is 18.2 Å². The van der Waals surface area contributed by atoms with Crippen LogP contribution in [-0.4, -0.2) is 13.7 Å². The van der Waals surface area contributed by atoms with Gasteiger partial charge in [0.1, 0.15) is 22.7 Å². The summed E-state index contributed by atoms with van der Waals surface area (Å²) >= 11 is 1.01. The van der Waals surface area contributed by atoms with Crippen LogP contribution in [0.2, 0.25) is 0 Å². The van der Waals surface area contributed by atoms with Crippen molar-refractivity contribution in [2.75, 3.05) is 0 Å². The summed E-state index contributed by atoms with van der Waals surface area (Å²) in [5.41, 5.74) is 2.29. The van der Waals surface area contributed by atoms with Gasteiger partial charge in [0, 0.05) is 27.3 Å². The smallest absolute Gasteiger partial charge is 0.180 e. The van der Waals surface area contributed by atoms with Crippen LogP contribution in [0.3, 0.4) is 0 Å². The van der Waals surface area contributed by atoms with Gasteiger partial charge in [0.2, 0.25) is 0 Å². The number of nitrogens with zero attached hydrogens (tertiary/aromatic N) is 5. The molecule has 0 saturated carbocycles. The Balaban J connectivity index is 1.59. The average Bonchev–Trinajstić information content (AvgIpc) is 3.54. The number of halogens is 4. The van der Waals surface area contributed by atoms with Gasteiger partial charge in [0.05, 0.1) is 40.1 Å². The molecule has 7 aromatic rings. The summed E-state index contributed by atoms with van der Waals surface area (Å²) in [6.45, 7) is 0. The maximum Gasteiger partial charge on any atom is 0.180 e. The van der Waals surface area contributed by atoms with Crippen molar-refractivity contribution in [2.24, 2.45) is 0 Å². The van der Waals surface area contributed by atoms with Gasteiger partial charge in [-0.15, -0.1) is 0 Å². The molecule has 2 aromatic heterocycles. The van der Waals surface area contributed by atoms with E-state index >= 15 is 8.78 Å². The third-order valence-corrected chi connectivity index (χ3v) is 7.84. The first kappa shape index (κ1) is 26.2. The normalized spacial score (nSPS) is 11.2. The highest BCUT2D eigenvalue weighted by molar-refractivity contribution is 7.00. The molecule has 5 nitrogen and oxygen atoms in total. The zero-order chi connectivity index (χ0) is 29.8. The zero-order valence-electron chi connectivity index (χ0n) is 21.7. The molecule has 0 radical (unpaired) electrons. The molecule has 0 bridgehead atoms. The fourth-order valence-electron chi connectivity index (χ4n) is 5.35. The highest BCUT2D eigenvalue weighted by atomic mass is 32.1. The Kier molecular flexibility index (Phi) is 6.08. The molecule has 0 aliphatic rings. The molecule has 0 aliphatic carbocycles. The number of pyridine rings is 1. The summed E-state index contributed by atoms with van der Waals surface area (Å²) in [6, 6.07) is 25.9. The van der Waals surface area contributed by atoms with Crippen molar-refractivity contribution < 1.29 is 17.6 Å². The first-order valence-electron chi connectivity index (χ1n) is 12.8. The fourth-order valence-corrected chi connectivity index (χ4v) is 5.92. The second-order valence-electron chi connectivity index (χ2n) is 9.68. The van der Waals surface area contributed by atoms with Crippen LogP contribution in [0, 0.1) is 45.9 Å². The molecule has 204 valence electrons. The van der Waals surface area contributed by atoms with Crippen LogP contribution in [-0.2, 0) is 0 Å². The minimum Gasteiger partial charge on any atom is -0.247 e. The Morgan fingerprint density at radius 2 is 1.35 bits per heavy atom. The van der Waals surface area contributed by atoms with Gasteiger partial charge >= 0.3 is 0 Å². The molecule has 0 N–H and O–H groups in total. The maximum atomic E-state index is 15.0. The summed E-state index contributed by atoms with van der Waals surface area (Å²) in [5.74, 6) is -6.88. The number of aromatic nitrogens is 3. The summed E-state index contributed by atoms with van der Waals surface area (Å²) in [4.78, 5) is 4.88. The van der Waals surface area contributed by atoms with E-state index in [0.717, 1.165) is 33.8 Å². The van der Waals surface area contributed by atoms with Gasteiger partial charge in [-0.05, 0) is 35.4 Å². The standard InChI is InChI=1S/C33H13F4N5S/c34-27-23(15-39)28(35)30(37)25(29(27)36)19-9-10-20-24(12-19)40-31(17-6-2-1-3-7-17)22-13-21(18-8-4-5-16(11-18)14-38)32-33(26(20)22)42-43-41-32/h1-13H. The van der Waals surface area contributed by atoms with Crippen molar-refractivity contribution in [1.82, 2.24) is 13.7 Å². The van der Waals surface area contributed by atoms with Crippen LogP contribution >= 0.6 is 11.7 Å². The molecule has 0 amide bonds. The molecule has 0 spiro atoms. The molecule has 0 atom stereocenters. The van der Waals surface area contributed by atoms with Crippen LogP contribution in [0.25, 0.3) is 66.2 Å². The van der Waals surface area contributed by atoms with E-state index < -0.39 is 34.4 Å². The van der Waals surface area contributed by atoms with E-state index in [9.17, 15) is 14.0 Å². The van der Waals surface area contributed by atoms with Gasteiger partial charge in [-0.2, -0.15) is 19.3 Å². The molecule has 7 rings (SSSR count). The van der Waals surface area contributed by atoms with Crippen molar-refractivity contribution in [3.63, 3.8) is 0 Å². The Morgan fingerprint density at radius 3 is 2.07 bits per heavy atom. The molecule has 43 heavy (non-hydrogen) atoms. The van der Waals surface area contributed by atoms with Crippen LogP contribution in [0.4, 0.5) is 17.6 Å². The summed E-state index contributed by atoms with van der Waals surface area (Å²) < 4.78 is 68.2. The first-order chi connectivity index (χ1) is 20.9. The number of benzene rings is 5. The molecular weight excluding hydrogens is 574 g/mol. The lowest BCUT2D eigenvalue weighted by Crippen LogP contribution is -2.04. The second kappa shape index (κ2) is 9.98. The molecule has 0 unspecified atom stereocenters. The Bertz CT molecular complexity index is 2340. The third-order valence-electron chi connectivity index (χ3n) is 7.31. The predicted molar refractivity (Wildman–Crippen MR) is 156 cm³/mol. The highest BCUT2D eigenvalue weighted by Crippen LogP contribution is 2.42. The Labute approximate surface area is 244 Å². The lowest BCUT2D eigenvalue weighted by molar-refractivity contribution is 0.454. The van der Waals surface area contributed by atoms with Crippen molar-refractivity contribution in [2.45, 2.75) is 0 Å². The van der Waals surface area contributed by atoms with Crippen molar-refractivity contribution >= 4 is 44.4 Å². The van der Waals surface area contributed by atoms with Crippen LogP contribution in [0.1, 0.15) is 11.1 Å². The molecule has 0 fully saturated rings. The SMILES string of the molecule is N#Cc1cccc(-c2cc3c(-c4ccccc4)nc4cc(-c5c(F)c(F)c(C#N)c(F)c5F)ccc4c3c3nsnc23)c1. The van der Waals surface area contributed by atoms with E-state index in [1.54, 1.807) is 24.3 Å². The van der Waals surface area contributed by atoms with Gasteiger partial charge < -0.3 is 0 Å². The molecular formula is C33H13F4N5S. The van der Waals surface area contributed by atoms with E-state index in [-0.39, 0.29) is 5.56 Å². The van der Waals surface area contributed by atoms with Crippen LogP contribution in [0.5, 0.6) is 0 Å². The predicted octanol–water partition coefficient (Wildman–Crippen LogP) is 8.69. The van der Waals surface area contributed by atoms with Gasteiger partial charge in [-0.25, -0.2) is 22.5 Å². The van der Waals surface area contributed by atoms with Gasteiger partial charge in [0.25, 0.3) is 0 Å². The van der Waals surface area contributed by atoms with E-state index in [0.29, 0.717) is 38.6 Å². The summed E-state index contributed by atoms with van der Waals surface area (Å²) in [6.07, 6.45) is 0. The number of rotatable bonds is 3. The topological polar surface area (TPSA) is 86.2 Å². The van der Waals surface area contributed by atoms with Crippen molar-refractivity contribution in [3.05, 3.63) is 113 Å². The summed E-state index contributed by atoms with van der Waals surface area (Å²) in [7, 11) is 0. The quantitative estimate of drug-likeness (QED) is 0.117. The highest BCUT2D eigenvalue weighted by Gasteiger charge is 2.27. The van der Waals surface area contributed by atoms with Gasteiger partial charge in [-0.3, -0.25) is 0 Å². The van der Waals surface area contributed by atoms with Crippen LogP contribution < -0.4 is 0 Å². The van der Waals surface area contributed by atoms with E-state index in [1.807, 2.05) is 42.5 Å².